The zero-order valence-corrected chi connectivity index (χ0v) is 17.4. The standard InChI is InChI=1S/C25H24O3S/c1-27-25(26)21-13-11-19(12-14-21)9-6-10-22-17-23(29-2)15-16-24(22)28-18-20-7-4-3-5-8-20/h3-9,11-17H,10,18H2,1-2H3/b9-6+. The van der Waals surface area contributed by atoms with Crippen molar-refractivity contribution in [3.05, 3.63) is 101 Å². The van der Waals surface area contributed by atoms with Crippen molar-refractivity contribution in [2.24, 2.45) is 0 Å². The van der Waals surface area contributed by atoms with Crippen LogP contribution in [-0.4, -0.2) is 19.3 Å². The molecule has 0 heterocycles. The number of hydrogen-bond acceptors (Lipinski definition) is 4. The van der Waals surface area contributed by atoms with E-state index >= 15 is 0 Å². The molecule has 0 unspecified atom stereocenters. The maximum absolute atomic E-state index is 11.5. The number of ether oxygens (including phenoxy) is 2. The molecule has 0 aromatic heterocycles. The molecule has 0 spiro atoms. The Morgan fingerprint density at radius 3 is 2.45 bits per heavy atom. The number of hydrogen-bond donors (Lipinski definition) is 0. The Bertz CT molecular complexity index is 963. The molecule has 0 aliphatic heterocycles. The molecular weight excluding hydrogens is 380 g/mol. The van der Waals surface area contributed by atoms with Crippen LogP contribution in [-0.2, 0) is 17.8 Å². The molecule has 0 saturated heterocycles. The number of rotatable bonds is 8. The predicted octanol–water partition coefficient (Wildman–Crippen LogP) is 6.03. The van der Waals surface area contributed by atoms with Crippen molar-refractivity contribution in [1.82, 2.24) is 0 Å². The van der Waals surface area contributed by atoms with Crippen LogP contribution in [0, 0.1) is 0 Å². The number of esters is 1. The molecule has 29 heavy (non-hydrogen) atoms. The first-order valence-corrected chi connectivity index (χ1v) is 10.6. The van der Waals surface area contributed by atoms with Gasteiger partial charge in [0, 0.05) is 4.90 Å². The van der Waals surface area contributed by atoms with E-state index in [-0.39, 0.29) is 5.97 Å². The monoisotopic (exact) mass is 404 g/mol. The minimum atomic E-state index is -0.324. The van der Waals surface area contributed by atoms with E-state index in [2.05, 4.69) is 36.6 Å². The smallest absolute Gasteiger partial charge is 0.337 e. The van der Waals surface area contributed by atoms with Crippen LogP contribution in [0.15, 0.2) is 83.8 Å². The van der Waals surface area contributed by atoms with Crippen molar-refractivity contribution in [2.45, 2.75) is 17.9 Å². The summed E-state index contributed by atoms with van der Waals surface area (Å²) in [5, 5.41) is 0. The van der Waals surface area contributed by atoms with Gasteiger partial charge in [0.1, 0.15) is 12.4 Å². The second-order valence-corrected chi connectivity index (χ2v) is 7.35. The topological polar surface area (TPSA) is 35.5 Å². The molecule has 0 fully saturated rings. The SMILES string of the molecule is COC(=O)c1ccc(/C=C/Cc2cc(SC)ccc2OCc2ccccc2)cc1. The molecule has 0 atom stereocenters. The van der Waals surface area contributed by atoms with Gasteiger partial charge in [-0.1, -0.05) is 54.6 Å². The van der Waals surface area contributed by atoms with E-state index in [1.807, 2.05) is 42.5 Å². The third-order valence-electron chi connectivity index (χ3n) is 4.48. The van der Waals surface area contributed by atoms with E-state index in [0.717, 1.165) is 28.9 Å². The first kappa shape index (κ1) is 20.7. The van der Waals surface area contributed by atoms with E-state index in [1.165, 1.54) is 12.0 Å². The van der Waals surface area contributed by atoms with Gasteiger partial charge < -0.3 is 9.47 Å². The maximum atomic E-state index is 11.5. The average molecular weight is 405 g/mol. The lowest BCUT2D eigenvalue weighted by Gasteiger charge is -2.12. The van der Waals surface area contributed by atoms with Crippen molar-refractivity contribution in [3.8, 4) is 5.75 Å². The molecule has 0 radical (unpaired) electrons. The highest BCUT2D eigenvalue weighted by molar-refractivity contribution is 7.98. The fourth-order valence-electron chi connectivity index (χ4n) is 2.89. The van der Waals surface area contributed by atoms with E-state index in [9.17, 15) is 4.79 Å². The van der Waals surface area contributed by atoms with Crippen LogP contribution >= 0.6 is 11.8 Å². The highest BCUT2D eigenvalue weighted by atomic mass is 32.2. The first-order valence-electron chi connectivity index (χ1n) is 9.38. The minimum Gasteiger partial charge on any atom is -0.489 e. The second-order valence-electron chi connectivity index (χ2n) is 6.47. The van der Waals surface area contributed by atoms with Gasteiger partial charge in [-0.3, -0.25) is 0 Å². The zero-order valence-electron chi connectivity index (χ0n) is 16.6. The van der Waals surface area contributed by atoms with Crippen LogP contribution in [0.2, 0.25) is 0 Å². The molecule has 0 N–H and O–H groups in total. The predicted molar refractivity (Wildman–Crippen MR) is 120 cm³/mol. The van der Waals surface area contributed by atoms with E-state index in [0.29, 0.717) is 12.2 Å². The fraction of sp³-hybridized carbons (Fsp3) is 0.160. The molecule has 148 valence electrons. The van der Waals surface area contributed by atoms with Crippen LogP contribution in [0.4, 0.5) is 0 Å². The van der Waals surface area contributed by atoms with Crippen LogP contribution in [0.25, 0.3) is 6.08 Å². The van der Waals surface area contributed by atoms with Crippen LogP contribution in [0.5, 0.6) is 5.75 Å². The van der Waals surface area contributed by atoms with Crippen molar-refractivity contribution in [3.63, 3.8) is 0 Å². The largest absolute Gasteiger partial charge is 0.489 e. The van der Waals surface area contributed by atoms with Crippen LogP contribution in [0.1, 0.15) is 27.0 Å². The minimum absolute atomic E-state index is 0.324. The van der Waals surface area contributed by atoms with Crippen molar-refractivity contribution in [1.29, 1.82) is 0 Å². The van der Waals surface area contributed by atoms with Gasteiger partial charge in [0.25, 0.3) is 0 Å². The van der Waals surface area contributed by atoms with E-state index in [1.54, 1.807) is 23.9 Å². The normalized spacial score (nSPS) is 10.8. The van der Waals surface area contributed by atoms with Gasteiger partial charge >= 0.3 is 5.97 Å². The third-order valence-corrected chi connectivity index (χ3v) is 5.21. The third kappa shape index (κ3) is 6.00. The highest BCUT2D eigenvalue weighted by Crippen LogP contribution is 2.26. The van der Waals surface area contributed by atoms with E-state index in [4.69, 9.17) is 9.47 Å². The molecule has 0 aliphatic carbocycles. The van der Waals surface area contributed by atoms with E-state index < -0.39 is 0 Å². The number of carbonyl (C=O) groups is 1. The summed E-state index contributed by atoms with van der Waals surface area (Å²) in [5.74, 6) is 0.576. The molecule has 0 bridgehead atoms. The summed E-state index contributed by atoms with van der Waals surface area (Å²) in [6, 6.07) is 23.8. The Morgan fingerprint density at radius 1 is 1.00 bits per heavy atom. The van der Waals surface area contributed by atoms with Gasteiger partial charge in [-0.05, 0) is 59.7 Å². The highest BCUT2D eigenvalue weighted by Gasteiger charge is 2.06. The Kier molecular flexibility index (Phi) is 7.54. The Labute approximate surface area is 176 Å². The van der Waals surface area contributed by atoms with Crippen molar-refractivity contribution in [2.75, 3.05) is 13.4 Å². The molecule has 3 aromatic rings. The number of benzene rings is 3. The lowest BCUT2D eigenvalue weighted by molar-refractivity contribution is 0.0600. The quantitative estimate of drug-likeness (QED) is 0.339. The summed E-state index contributed by atoms with van der Waals surface area (Å²) in [4.78, 5) is 12.7. The molecule has 3 aromatic carbocycles. The van der Waals surface area contributed by atoms with Gasteiger partial charge in [0.15, 0.2) is 0 Å². The second kappa shape index (κ2) is 10.5. The average Bonchev–Trinajstić information content (AvgIpc) is 2.78. The Hall–Kier alpha value is -2.98. The Morgan fingerprint density at radius 2 is 1.76 bits per heavy atom. The van der Waals surface area contributed by atoms with Crippen LogP contribution in [0.3, 0.4) is 0 Å². The maximum Gasteiger partial charge on any atom is 0.337 e. The number of carbonyl (C=O) groups excluding carboxylic acids is 1. The van der Waals surface area contributed by atoms with Crippen molar-refractivity contribution < 1.29 is 14.3 Å². The van der Waals surface area contributed by atoms with Gasteiger partial charge in [-0.15, -0.1) is 11.8 Å². The number of allylic oxidation sites excluding steroid dienone is 1. The molecule has 3 nitrogen and oxygen atoms in total. The lowest BCUT2D eigenvalue weighted by atomic mass is 10.1. The molecule has 4 heteroatoms. The summed E-state index contributed by atoms with van der Waals surface area (Å²) in [6.45, 7) is 0.547. The summed E-state index contributed by atoms with van der Waals surface area (Å²) < 4.78 is 10.8. The number of thioether (sulfide) groups is 1. The van der Waals surface area contributed by atoms with Gasteiger partial charge in [0.05, 0.1) is 12.7 Å². The molecular formula is C25H24O3S. The molecule has 0 amide bonds. The fourth-order valence-corrected chi connectivity index (χ4v) is 3.35. The zero-order chi connectivity index (χ0) is 20.5. The summed E-state index contributed by atoms with van der Waals surface area (Å²) in [5.41, 5.74) is 3.88. The summed E-state index contributed by atoms with van der Waals surface area (Å²) in [6.07, 6.45) is 7.00. The molecule has 0 aliphatic rings. The van der Waals surface area contributed by atoms with Crippen LogP contribution < -0.4 is 4.74 Å². The summed E-state index contributed by atoms with van der Waals surface area (Å²) >= 11 is 1.72. The molecule has 0 saturated carbocycles. The molecule has 3 rings (SSSR count). The van der Waals surface area contributed by atoms with Gasteiger partial charge in [-0.2, -0.15) is 0 Å². The number of methoxy groups -OCH3 is 1. The first-order chi connectivity index (χ1) is 14.2. The van der Waals surface area contributed by atoms with Gasteiger partial charge in [-0.25, -0.2) is 4.79 Å². The van der Waals surface area contributed by atoms with Gasteiger partial charge in [0.2, 0.25) is 0 Å². The Balaban J connectivity index is 1.69. The lowest BCUT2D eigenvalue weighted by Crippen LogP contribution is -2.00. The summed E-state index contributed by atoms with van der Waals surface area (Å²) in [7, 11) is 1.39. The van der Waals surface area contributed by atoms with Crippen molar-refractivity contribution >= 4 is 23.8 Å².